The summed E-state index contributed by atoms with van der Waals surface area (Å²) in [6.45, 7) is 7.13. The van der Waals surface area contributed by atoms with E-state index in [2.05, 4.69) is 38.9 Å². The van der Waals surface area contributed by atoms with E-state index >= 15 is 0 Å². The van der Waals surface area contributed by atoms with Crippen molar-refractivity contribution in [2.45, 2.75) is 13.5 Å². The lowest BCUT2D eigenvalue weighted by Gasteiger charge is -2.19. The Hall–Kier alpha value is -2.36. The standard InChI is InChI=1S/C16H20N4/c1-4-10-17-16-18-13(2)11-15(19-16)20(3)12-14-8-6-5-7-9-14/h4-9,11H,1,10,12H2,2-3H3,(H,17,18,19). The number of hydrogen-bond acceptors (Lipinski definition) is 4. The molecule has 0 aliphatic heterocycles. The van der Waals surface area contributed by atoms with Gasteiger partial charge >= 0.3 is 0 Å². The normalized spacial score (nSPS) is 10.1. The molecule has 0 saturated carbocycles. The number of nitrogens with zero attached hydrogens (tertiary/aromatic N) is 3. The number of rotatable bonds is 6. The van der Waals surface area contributed by atoms with E-state index in [-0.39, 0.29) is 0 Å². The lowest BCUT2D eigenvalue weighted by molar-refractivity contribution is 0.886. The Labute approximate surface area is 120 Å². The fourth-order valence-electron chi connectivity index (χ4n) is 1.93. The van der Waals surface area contributed by atoms with E-state index in [1.54, 1.807) is 6.08 Å². The number of anilines is 2. The second-order valence-corrected chi connectivity index (χ2v) is 4.70. The number of aryl methyl sites for hydroxylation is 1. The molecule has 1 N–H and O–H groups in total. The van der Waals surface area contributed by atoms with Crippen molar-refractivity contribution in [1.29, 1.82) is 0 Å². The summed E-state index contributed by atoms with van der Waals surface area (Å²) in [6, 6.07) is 12.3. The van der Waals surface area contributed by atoms with E-state index in [9.17, 15) is 0 Å². The second kappa shape index (κ2) is 6.70. The lowest BCUT2D eigenvalue weighted by atomic mass is 10.2. The molecule has 2 rings (SSSR count). The predicted octanol–water partition coefficient (Wildman–Crippen LogP) is 3.02. The first kappa shape index (κ1) is 14.1. The molecule has 20 heavy (non-hydrogen) atoms. The van der Waals surface area contributed by atoms with Gasteiger partial charge in [0.05, 0.1) is 0 Å². The molecule has 0 radical (unpaired) electrons. The van der Waals surface area contributed by atoms with Gasteiger partial charge in [-0.2, -0.15) is 4.98 Å². The van der Waals surface area contributed by atoms with Gasteiger partial charge in [0.2, 0.25) is 5.95 Å². The van der Waals surface area contributed by atoms with Gasteiger partial charge in [0, 0.05) is 31.9 Å². The summed E-state index contributed by atoms with van der Waals surface area (Å²) < 4.78 is 0. The number of hydrogen-bond donors (Lipinski definition) is 1. The van der Waals surface area contributed by atoms with Gasteiger partial charge in [0.25, 0.3) is 0 Å². The lowest BCUT2D eigenvalue weighted by Crippen LogP contribution is -2.19. The molecule has 104 valence electrons. The van der Waals surface area contributed by atoms with Crippen molar-refractivity contribution in [3.63, 3.8) is 0 Å². The Morgan fingerprint density at radius 1 is 1.25 bits per heavy atom. The first-order valence-corrected chi connectivity index (χ1v) is 6.64. The van der Waals surface area contributed by atoms with Crippen molar-refractivity contribution in [2.24, 2.45) is 0 Å². The van der Waals surface area contributed by atoms with Crippen molar-refractivity contribution >= 4 is 11.8 Å². The maximum Gasteiger partial charge on any atom is 0.225 e. The highest BCUT2D eigenvalue weighted by Gasteiger charge is 2.07. The van der Waals surface area contributed by atoms with Gasteiger partial charge < -0.3 is 10.2 Å². The Kier molecular flexibility index (Phi) is 4.71. The molecular formula is C16H20N4. The van der Waals surface area contributed by atoms with E-state index in [0.717, 1.165) is 18.1 Å². The molecule has 0 atom stereocenters. The molecule has 2 aromatic rings. The molecule has 0 spiro atoms. The van der Waals surface area contributed by atoms with Gasteiger partial charge in [0.1, 0.15) is 5.82 Å². The molecule has 0 saturated heterocycles. The number of aromatic nitrogens is 2. The molecule has 4 nitrogen and oxygen atoms in total. The predicted molar refractivity (Wildman–Crippen MR) is 84.0 cm³/mol. The summed E-state index contributed by atoms with van der Waals surface area (Å²) >= 11 is 0. The van der Waals surface area contributed by atoms with Crippen LogP contribution in [0, 0.1) is 6.92 Å². The molecule has 0 aliphatic rings. The fourth-order valence-corrected chi connectivity index (χ4v) is 1.93. The summed E-state index contributed by atoms with van der Waals surface area (Å²) in [7, 11) is 2.03. The summed E-state index contributed by atoms with van der Waals surface area (Å²) in [5.41, 5.74) is 2.20. The summed E-state index contributed by atoms with van der Waals surface area (Å²) in [5.74, 6) is 1.55. The van der Waals surface area contributed by atoms with E-state index in [1.807, 2.05) is 38.2 Å². The third-order valence-corrected chi connectivity index (χ3v) is 2.90. The third kappa shape index (κ3) is 3.82. The van der Waals surface area contributed by atoms with E-state index in [4.69, 9.17) is 0 Å². The third-order valence-electron chi connectivity index (χ3n) is 2.90. The molecule has 0 fully saturated rings. The first-order valence-electron chi connectivity index (χ1n) is 6.64. The highest BCUT2D eigenvalue weighted by Crippen LogP contribution is 2.15. The van der Waals surface area contributed by atoms with Crippen LogP contribution < -0.4 is 10.2 Å². The Bertz CT molecular complexity index is 566. The van der Waals surface area contributed by atoms with Crippen LogP contribution in [0.1, 0.15) is 11.3 Å². The minimum Gasteiger partial charge on any atom is -0.355 e. The van der Waals surface area contributed by atoms with Crippen LogP contribution in [-0.4, -0.2) is 23.6 Å². The van der Waals surface area contributed by atoms with E-state index < -0.39 is 0 Å². The van der Waals surface area contributed by atoms with Crippen LogP contribution in [0.25, 0.3) is 0 Å². The Morgan fingerprint density at radius 2 is 2.00 bits per heavy atom. The van der Waals surface area contributed by atoms with Crippen LogP contribution in [0.15, 0.2) is 49.1 Å². The molecule has 1 heterocycles. The van der Waals surface area contributed by atoms with Crippen LogP contribution in [0.2, 0.25) is 0 Å². The molecule has 0 bridgehead atoms. The van der Waals surface area contributed by atoms with Gasteiger partial charge in [-0.1, -0.05) is 36.4 Å². The number of benzene rings is 1. The molecule has 4 heteroatoms. The SMILES string of the molecule is C=CCNc1nc(C)cc(N(C)Cc2ccccc2)n1. The highest BCUT2D eigenvalue weighted by atomic mass is 15.2. The fraction of sp³-hybridized carbons (Fsp3) is 0.250. The van der Waals surface area contributed by atoms with Gasteiger partial charge in [-0.25, -0.2) is 4.98 Å². The van der Waals surface area contributed by atoms with Gasteiger partial charge in [-0.15, -0.1) is 6.58 Å². The zero-order valence-electron chi connectivity index (χ0n) is 12.0. The number of nitrogens with one attached hydrogen (secondary N) is 1. The maximum absolute atomic E-state index is 4.52. The van der Waals surface area contributed by atoms with Crippen molar-refractivity contribution in [3.05, 3.63) is 60.3 Å². The average molecular weight is 268 g/mol. The molecule has 1 aromatic carbocycles. The zero-order chi connectivity index (χ0) is 14.4. The quantitative estimate of drug-likeness (QED) is 0.818. The maximum atomic E-state index is 4.52. The summed E-state index contributed by atoms with van der Waals surface area (Å²) in [6.07, 6.45) is 1.79. The topological polar surface area (TPSA) is 41.1 Å². The summed E-state index contributed by atoms with van der Waals surface area (Å²) in [5, 5.41) is 3.13. The smallest absolute Gasteiger partial charge is 0.225 e. The van der Waals surface area contributed by atoms with E-state index in [1.165, 1.54) is 5.56 Å². The zero-order valence-corrected chi connectivity index (χ0v) is 12.0. The van der Waals surface area contributed by atoms with Crippen molar-refractivity contribution < 1.29 is 0 Å². The molecule has 0 aliphatic carbocycles. The van der Waals surface area contributed by atoms with Crippen molar-refractivity contribution in [2.75, 3.05) is 23.8 Å². The largest absolute Gasteiger partial charge is 0.355 e. The van der Waals surface area contributed by atoms with Crippen molar-refractivity contribution in [1.82, 2.24) is 9.97 Å². The second-order valence-electron chi connectivity index (χ2n) is 4.70. The molecule has 0 amide bonds. The van der Waals surface area contributed by atoms with Crippen LogP contribution >= 0.6 is 0 Å². The van der Waals surface area contributed by atoms with Gasteiger partial charge in [0.15, 0.2) is 0 Å². The van der Waals surface area contributed by atoms with Crippen LogP contribution in [0.5, 0.6) is 0 Å². The Balaban J connectivity index is 2.14. The average Bonchev–Trinajstić information content (AvgIpc) is 2.45. The van der Waals surface area contributed by atoms with Gasteiger partial charge in [-0.05, 0) is 12.5 Å². The molecule has 0 unspecified atom stereocenters. The highest BCUT2D eigenvalue weighted by molar-refractivity contribution is 5.44. The minimum atomic E-state index is 0.639. The van der Waals surface area contributed by atoms with Crippen molar-refractivity contribution in [3.8, 4) is 0 Å². The Morgan fingerprint density at radius 3 is 2.70 bits per heavy atom. The first-order chi connectivity index (χ1) is 9.69. The minimum absolute atomic E-state index is 0.639. The van der Waals surface area contributed by atoms with Crippen LogP contribution in [0.3, 0.4) is 0 Å². The van der Waals surface area contributed by atoms with Crippen LogP contribution in [0.4, 0.5) is 11.8 Å². The summed E-state index contributed by atoms with van der Waals surface area (Å²) in [4.78, 5) is 11.0. The molecular weight excluding hydrogens is 248 g/mol. The molecule has 1 aromatic heterocycles. The van der Waals surface area contributed by atoms with Gasteiger partial charge in [-0.3, -0.25) is 0 Å². The monoisotopic (exact) mass is 268 g/mol. The van der Waals surface area contributed by atoms with E-state index in [0.29, 0.717) is 12.5 Å². The van der Waals surface area contributed by atoms with Crippen LogP contribution in [-0.2, 0) is 6.54 Å².